The summed E-state index contributed by atoms with van der Waals surface area (Å²) in [6, 6.07) is 12.5. The van der Waals surface area contributed by atoms with E-state index in [-0.39, 0.29) is 35.7 Å². The molecule has 5 heterocycles. The molecule has 0 radical (unpaired) electrons. The van der Waals surface area contributed by atoms with Crippen molar-refractivity contribution in [3.63, 3.8) is 0 Å². The molecule has 4 fully saturated rings. The molecule has 2 amide bonds. The zero-order chi connectivity index (χ0) is 38.9. The Hall–Kier alpha value is -4.42. The number of rotatable bonds is 9. The van der Waals surface area contributed by atoms with Gasteiger partial charge in [-0.2, -0.15) is 5.10 Å². The van der Waals surface area contributed by atoms with Crippen molar-refractivity contribution in [2.24, 2.45) is 5.92 Å². The number of hydrogen-bond acceptors (Lipinski definition) is 7. The van der Waals surface area contributed by atoms with Crippen molar-refractivity contribution in [3.05, 3.63) is 70.5 Å². The first-order valence-electron chi connectivity index (χ1n) is 20.7. The van der Waals surface area contributed by atoms with Crippen molar-refractivity contribution >= 4 is 44.4 Å². The van der Waals surface area contributed by atoms with Crippen LogP contribution in [-0.2, 0) is 16.6 Å². The van der Waals surface area contributed by atoms with Gasteiger partial charge in [-0.1, -0.05) is 39.2 Å². The number of sulfonamides is 1. The molecule has 1 N–H and O–H groups in total. The maximum absolute atomic E-state index is 14.9. The Morgan fingerprint density at radius 2 is 1.66 bits per heavy atom. The van der Waals surface area contributed by atoms with Gasteiger partial charge in [-0.25, -0.2) is 13.1 Å². The van der Waals surface area contributed by atoms with E-state index in [9.17, 15) is 18.0 Å². The molecule has 9 rings (SSSR count). The summed E-state index contributed by atoms with van der Waals surface area (Å²) in [5, 5.41) is 6.08. The summed E-state index contributed by atoms with van der Waals surface area (Å²) in [4.78, 5) is 33.1. The Balaban J connectivity index is 1.24. The van der Waals surface area contributed by atoms with Crippen LogP contribution in [0.3, 0.4) is 0 Å². The standard InChI is InChI=1S/C44H54N6O5S/c1-27(2)26-56(53,54)46-43(51)29-13-17-37-39(21-29)48-23-31(19-30-20-35(55-4)16-18-36(30)42(48)40(37)28-9-6-5-7-10-28)41-38(22-45-50(41)32-11-8-12-32)44(52)49-33-14-15-34(49)25-47(3)24-33/h13,16-22,27-28,32-34H,5-12,14-15,23-26H2,1-4H3,(H,46,51). The number of piperazine rings is 1. The summed E-state index contributed by atoms with van der Waals surface area (Å²) < 4.78 is 38.4. The lowest BCUT2D eigenvalue weighted by atomic mass is 9.81. The molecular formula is C44H54N6O5S. The molecule has 56 heavy (non-hydrogen) atoms. The van der Waals surface area contributed by atoms with Gasteiger partial charge in [0.15, 0.2) is 0 Å². The van der Waals surface area contributed by atoms with E-state index in [1.54, 1.807) is 13.2 Å². The fourth-order valence-corrected chi connectivity index (χ4v) is 11.7. The van der Waals surface area contributed by atoms with E-state index in [0.717, 1.165) is 116 Å². The van der Waals surface area contributed by atoms with Crippen LogP contribution < -0.4 is 9.46 Å². The molecule has 2 atom stereocenters. The lowest BCUT2D eigenvalue weighted by Gasteiger charge is -2.39. The average Bonchev–Trinajstić information content (AvgIpc) is 3.75. The molecule has 4 aromatic rings. The normalized spacial score (nSPS) is 21.7. The SMILES string of the molecule is COc1ccc2c(c1)C=C(c1c(C(=O)N3C4CCC3CN(C)C4)cnn1C1CCC1)Cn1c-2c(C2CCCCC2)c2ccc(C(=O)NS(=O)(=O)CC(C)C)cc21. The summed E-state index contributed by atoms with van der Waals surface area (Å²) in [5.74, 6) is 0.257. The molecule has 3 aliphatic heterocycles. The van der Waals surface area contributed by atoms with E-state index in [4.69, 9.17) is 9.84 Å². The van der Waals surface area contributed by atoms with Crippen molar-refractivity contribution in [1.29, 1.82) is 0 Å². The number of hydrogen-bond donors (Lipinski definition) is 1. The predicted molar refractivity (Wildman–Crippen MR) is 219 cm³/mol. The Morgan fingerprint density at radius 1 is 0.911 bits per heavy atom. The van der Waals surface area contributed by atoms with Gasteiger partial charge in [-0.05, 0) is 117 Å². The van der Waals surface area contributed by atoms with Crippen LogP contribution in [0.25, 0.3) is 33.8 Å². The molecule has 5 aliphatic rings. The van der Waals surface area contributed by atoms with Crippen molar-refractivity contribution in [1.82, 2.24) is 28.9 Å². The first-order chi connectivity index (χ1) is 27.0. The lowest BCUT2D eigenvalue weighted by molar-refractivity contribution is 0.0472. The number of amides is 2. The minimum absolute atomic E-state index is 0.0595. The molecule has 2 unspecified atom stereocenters. The minimum Gasteiger partial charge on any atom is -0.497 e. The second-order valence-electron chi connectivity index (χ2n) is 17.4. The van der Waals surface area contributed by atoms with Crippen molar-refractivity contribution < 1.29 is 22.7 Å². The highest BCUT2D eigenvalue weighted by molar-refractivity contribution is 7.90. The molecule has 2 aliphatic carbocycles. The molecule has 0 spiro atoms. The molecule has 2 bridgehead atoms. The number of benzene rings is 2. The zero-order valence-electron chi connectivity index (χ0n) is 33.1. The van der Waals surface area contributed by atoms with Crippen molar-refractivity contribution in [2.75, 3.05) is 33.0 Å². The number of ether oxygens (including phenoxy) is 1. The molecule has 11 nitrogen and oxygen atoms in total. The highest BCUT2D eigenvalue weighted by Gasteiger charge is 2.43. The van der Waals surface area contributed by atoms with Crippen molar-refractivity contribution in [2.45, 2.75) is 109 Å². The first-order valence-corrected chi connectivity index (χ1v) is 22.3. The lowest BCUT2D eigenvalue weighted by Crippen LogP contribution is -2.54. The number of methoxy groups -OCH3 is 1. The van der Waals surface area contributed by atoms with E-state index in [2.05, 4.69) is 49.0 Å². The predicted octanol–water partition coefficient (Wildman–Crippen LogP) is 7.47. The highest BCUT2D eigenvalue weighted by Crippen LogP contribution is 2.49. The summed E-state index contributed by atoms with van der Waals surface area (Å²) in [5.41, 5.74) is 8.14. The van der Waals surface area contributed by atoms with Crippen LogP contribution in [0, 0.1) is 5.92 Å². The number of nitrogens with zero attached hydrogens (tertiary/aromatic N) is 5. The molecule has 296 valence electrons. The maximum atomic E-state index is 14.9. The van der Waals surface area contributed by atoms with Crippen LogP contribution in [0.2, 0.25) is 0 Å². The maximum Gasteiger partial charge on any atom is 0.264 e. The number of likely N-dealkylation sites (tertiary alicyclic amines) is 1. The highest BCUT2D eigenvalue weighted by atomic mass is 32.2. The number of nitrogens with one attached hydrogen (secondary N) is 1. The molecule has 2 saturated carbocycles. The summed E-state index contributed by atoms with van der Waals surface area (Å²) in [6.45, 7) is 5.84. The van der Waals surface area contributed by atoms with Gasteiger partial charge in [-0.3, -0.25) is 14.3 Å². The third kappa shape index (κ3) is 6.56. The van der Waals surface area contributed by atoms with Gasteiger partial charge < -0.3 is 19.1 Å². The Morgan fingerprint density at radius 3 is 2.34 bits per heavy atom. The number of allylic oxidation sites excluding steroid dienone is 1. The van der Waals surface area contributed by atoms with Crippen molar-refractivity contribution in [3.8, 4) is 17.0 Å². The third-order valence-corrected chi connectivity index (χ3v) is 14.6. The number of carbonyl (C=O) groups is 2. The largest absolute Gasteiger partial charge is 0.497 e. The molecule has 2 saturated heterocycles. The molecule has 12 heteroatoms. The number of fused-ring (bicyclic) bond motifs is 7. The number of aromatic nitrogens is 3. The number of likely N-dealkylation sites (N-methyl/N-ethyl adjacent to an activating group) is 1. The van der Waals surface area contributed by atoms with Crippen LogP contribution >= 0.6 is 0 Å². The van der Waals surface area contributed by atoms with Crippen LogP contribution in [0.1, 0.15) is 128 Å². The van der Waals surface area contributed by atoms with Crippen LogP contribution in [0.5, 0.6) is 5.75 Å². The van der Waals surface area contributed by atoms with Crippen LogP contribution in [0.4, 0.5) is 0 Å². The second kappa shape index (κ2) is 14.5. The number of carbonyl (C=O) groups excluding carboxylic acids is 2. The van der Waals surface area contributed by atoms with E-state index in [1.165, 1.54) is 12.0 Å². The molecule has 2 aromatic heterocycles. The van der Waals surface area contributed by atoms with E-state index < -0.39 is 15.9 Å². The fraction of sp³-hybridized carbons (Fsp3) is 0.523. The molecular weight excluding hydrogens is 725 g/mol. The minimum atomic E-state index is -3.82. The van der Waals surface area contributed by atoms with Gasteiger partial charge >= 0.3 is 0 Å². The van der Waals surface area contributed by atoms with Gasteiger partial charge in [0.2, 0.25) is 10.0 Å². The van der Waals surface area contributed by atoms with E-state index in [1.807, 2.05) is 38.2 Å². The van der Waals surface area contributed by atoms with E-state index in [0.29, 0.717) is 23.6 Å². The second-order valence-corrected chi connectivity index (χ2v) is 19.2. The summed E-state index contributed by atoms with van der Waals surface area (Å²) in [7, 11) is 0.0209. The van der Waals surface area contributed by atoms with Crippen LogP contribution in [-0.4, -0.2) is 89.5 Å². The average molecular weight is 779 g/mol. The zero-order valence-corrected chi connectivity index (χ0v) is 33.9. The van der Waals surface area contributed by atoms with Gasteiger partial charge in [0, 0.05) is 47.2 Å². The first kappa shape index (κ1) is 37.2. The topological polar surface area (TPSA) is 119 Å². The van der Waals surface area contributed by atoms with Crippen LogP contribution in [0.15, 0.2) is 42.6 Å². The molecule has 2 aromatic carbocycles. The Labute approximate surface area is 330 Å². The van der Waals surface area contributed by atoms with Gasteiger partial charge in [0.25, 0.3) is 11.8 Å². The summed E-state index contributed by atoms with van der Waals surface area (Å²) >= 11 is 0. The third-order valence-electron chi connectivity index (χ3n) is 13.0. The quantitative estimate of drug-likeness (QED) is 0.187. The van der Waals surface area contributed by atoms with Gasteiger partial charge in [-0.15, -0.1) is 0 Å². The van der Waals surface area contributed by atoms with Gasteiger partial charge in [0.05, 0.1) is 48.6 Å². The Bertz CT molecular complexity index is 2330. The Kier molecular flexibility index (Phi) is 9.63. The van der Waals surface area contributed by atoms with E-state index >= 15 is 0 Å². The summed E-state index contributed by atoms with van der Waals surface area (Å²) in [6.07, 6.45) is 14.9. The van der Waals surface area contributed by atoms with Gasteiger partial charge in [0.1, 0.15) is 5.75 Å². The monoisotopic (exact) mass is 778 g/mol. The fourth-order valence-electron chi connectivity index (χ4n) is 10.3. The smallest absolute Gasteiger partial charge is 0.264 e.